The average Bonchev–Trinajstić information content (AvgIpc) is 2.81. The molecule has 0 amide bonds. The van der Waals surface area contributed by atoms with E-state index in [2.05, 4.69) is 0 Å². The Labute approximate surface area is 189 Å². The minimum atomic E-state index is -0.720. The van der Waals surface area contributed by atoms with Crippen LogP contribution >= 0.6 is 0 Å². The molecule has 3 rings (SSSR count). The monoisotopic (exact) mass is 450 g/mol. The van der Waals surface area contributed by atoms with Gasteiger partial charge in [0.2, 0.25) is 0 Å². The highest BCUT2D eigenvalue weighted by Crippen LogP contribution is 2.39. The van der Waals surface area contributed by atoms with E-state index in [-0.39, 0.29) is 33.8 Å². The van der Waals surface area contributed by atoms with Gasteiger partial charge < -0.3 is 14.6 Å². The Kier molecular flexibility index (Phi) is 7.35. The Balaban J connectivity index is 2.04. The summed E-state index contributed by atoms with van der Waals surface area (Å²) in [6.45, 7) is 0. The lowest BCUT2D eigenvalue weighted by Gasteiger charge is -2.15. The van der Waals surface area contributed by atoms with Crippen LogP contribution in [0.1, 0.15) is 31.8 Å². The number of rotatable bonds is 8. The minimum Gasteiger partial charge on any atom is -0.506 e. The van der Waals surface area contributed by atoms with Gasteiger partial charge in [0.05, 0.1) is 14.2 Å². The molecule has 168 valence electrons. The van der Waals surface area contributed by atoms with Crippen LogP contribution in [0.25, 0.3) is 12.2 Å². The van der Waals surface area contributed by atoms with Crippen LogP contribution in [-0.2, 0) is 0 Å². The van der Waals surface area contributed by atoms with E-state index in [9.17, 15) is 23.5 Å². The lowest BCUT2D eigenvalue weighted by molar-refractivity contribution is 0.104. The third-order valence-electron chi connectivity index (χ3n) is 4.80. The number of ketones is 2. The summed E-state index contributed by atoms with van der Waals surface area (Å²) in [5.74, 6) is -3.24. The summed E-state index contributed by atoms with van der Waals surface area (Å²) < 4.78 is 38.1. The van der Waals surface area contributed by atoms with Gasteiger partial charge in [0.15, 0.2) is 11.6 Å². The van der Waals surface area contributed by atoms with Crippen LogP contribution in [0.15, 0.2) is 66.7 Å². The van der Waals surface area contributed by atoms with Gasteiger partial charge >= 0.3 is 0 Å². The van der Waals surface area contributed by atoms with Crippen molar-refractivity contribution in [2.75, 3.05) is 14.2 Å². The van der Waals surface area contributed by atoms with Crippen LogP contribution in [0.3, 0.4) is 0 Å². The largest absolute Gasteiger partial charge is 0.506 e. The number of methoxy groups -OCH3 is 2. The third-order valence-corrected chi connectivity index (χ3v) is 4.80. The van der Waals surface area contributed by atoms with Crippen LogP contribution in [0.2, 0.25) is 0 Å². The zero-order valence-corrected chi connectivity index (χ0v) is 17.8. The van der Waals surface area contributed by atoms with E-state index in [0.29, 0.717) is 0 Å². The Morgan fingerprint density at radius 1 is 0.758 bits per heavy atom. The number of carbonyl (C=O) groups excluding carboxylic acids is 2. The zero-order valence-electron chi connectivity index (χ0n) is 17.8. The average molecular weight is 450 g/mol. The summed E-state index contributed by atoms with van der Waals surface area (Å²) in [6, 6.07) is 13.0. The van der Waals surface area contributed by atoms with Crippen molar-refractivity contribution in [2.45, 2.75) is 0 Å². The molecular formula is C26H20F2O5. The molecule has 0 aliphatic carbocycles. The second kappa shape index (κ2) is 10.4. The van der Waals surface area contributed by atoms with E-state index in [1.165, 1.54) is 68.8 Å². The van der Waals surface area contributed by atoms with Crippen molar-refractivity contribution in [2.24, 2.45) is 0 Å². The summed E-state index contributed by atoms with van der Waals surface area (Å²) in [4.78, 5) is 25.7. The number of benzene rings is 3. The number of phenolic OH excluding ortho intramolecular Hbond substituents is 1. The highest BCUT2D eigenvalue weighted by molar-refractivity contribution is 6.16. The first kappa shape index (κ1) is 23.4. The molecule has 0 aromatic heterocycles. The molecule has 0 saturated heterocycles. The van der Waals surface area contributed by atoms with Crippen molar-refractivity contribution < 1.29 is 33.0 Å². The molecule has 0 heterocycles. The van der Waals surface area contributed by atoms with Crippen LogP contribution in [-0.4, -0.2) is 30.9 Å². The van der Waals surface area contributed by atoms with E-state index >= 15 is 0 Å². The summed E-state index contributed by atoms with van der Waals surface area (Å²) in [7, 11) is 2.57. The number of allylic oxidation sites excluding steroid dienone is 2. The number of halogens is 2. The van der Waals surface area contributed by atoms with Crippen molar-refractivity contribution in [1.29, 1.82) is 0 Å². The van der Waals surface area contributed by atoms with E-state index in [0.717, 1.165) is 12.2 Å². The van der Waals surface area contributed by atoms with Crippen LogP contribution in [0.4, 0.5) is 8.78 Å². The van der Waals surface area contributed by atoms with Gasteiger partial charge in [0, 0.05) is 17.2 Å². The maximum absolute atomic E-state index is 13.9. The molecule has 0 aliphatic rings. The first-order valence-corrected chi connectivity index (χ1v) is 9.79. The van der Waals surface area contributed by atoms with E-state index < -0.39 is 29.0 Å². The quantitative estimate of drug-likeness (QED) is 0.363. The van der Waals surface area contributed by atoms with Gasteiger partial charge in [0.25, 0.3) is 0 Å². The number of phenols is 1. The molecule has 0 bridgehead atoms. The van der Waals surface area contributed by atoms with Crippen LogP contribution in [0.5, 0.6) is 17.2 Å². The van der Waals surface area contributed by atoms with Gasteiger partial charge in [-0.1, -0.05) is 36.4 Å². The molecular weight excluding hydrogens is 430 g/mol. The fourth-order valence-corrected chi connectivity index (χ4v) is 3.14. The van der Waals surface area contributed by atoms with Crippen molar-refractivity contribution >= 4 is 23.7 Å². The SMILES string of the molecule is COc1cc(OC)c(C(=O)/C=C/c2ccccc2F)c(O)c1C(=O)/C=C/c1ccccc1F. The summed E-state index contributed by atoms with van der Waals surface area (Å²) in [5.41, 5.74) is -0.258. The Bertz CT molecular complexity index is 1170. The Morgan fingerprint density at radius 3 is 1.52 bits per heavy atom. The lowest BCUT2D eigenvalue weighted by Crippen LogP contribution is -2.07. The summed E-state index contributed by atoms with van der Waals surface area (Å²) in [6.07, 6.45) is 4.62. The highest BCUT2D eigenvalue weighted by atomic mass is 19.1. The van der Waals surface area contributed by atoms with Crippen molar-refractivity contribution in [3.63, 3.8) is 0 Å². The van der Waals surface area contributed by atoms with Gasteiger partial charge in [-0.15, -0.1) is 0 Å². The second-order valence-corrected chi connectivity index (χ2v) is 6.82. The molecule has 0 radical (unpaired) electrons. The molecule has 0 saturated carbocycles. The molecule has 0 spiro atoms. The molecule has 0 aliphatic heterocycles. The predicted molar refractivity (Wildman–Crippen MR) is 121 cm³/mol. The van der Waals surface area contributed by atoms with Crippen molar-refractivity contribution in [3.8, 4) is 17.2 Å². The second-order valence-electron chi connectivity index (χ2n) is 6.82. The maximum atomic E-state index is 13.9. The lowest BCUT2D eigenvalue weighted by atomic mass is 9.98. The molecule has 3 aromatic carbocycles. The molecule has 33 heavy (non-hydrogen) atoms. The summed E-state index contributed by atoms with van der Waals surface area (Å²) >= 11 is 0. The smallest absolute Gasteiger partial charge is 0.193 e. The molecule has 7 heteroatoms. The summed E-state index contributed by atoms with van der Waals surface area (Å²) in [5, 5.41) is 10.8. The predicted octanol–water partition coefficient (Wildman–Crippen LogP) is 5.48. The first-order valence-electron chi connectivity index (χ1n) is 9.79. The van der Waals surface area contributed by atoms with E-state index in [1.54, 1.807) is 12.1 Å². The number of aromatic hydroxyl groups is 1. The van der Waals surface area contributed by atoms with Gasteiger partial charge in [-0.05, 0) is 36.4 Å². The van der Waals surface area contributed by atoms with Crippen LogP contribution in [0, 0.1) is 11.6 Å². The topological polar surface area (TPSA) is 72.8 Å². The Hall–Kier alpha value is -4.26. The molecule has 3 aromatic rings. The van der Waals surface area contributed by atoms with Gasteiger partial charge in [-0.2, -0.15) is 0 Å². The van der Waals surface area contributed by atoms with E-state index in [1.807, 2.05) is 0 Å². The number of ether oxygens (including phenoxy) is 2. The number of hydrogen-bond acceptors (Lipinski definition) is 5. The molecule has 0 unspecified atom stereocenters. The van der Waals surface area contributed by atoms with Gasteiger partial charge in [-0.3, -0.25) is 9.59 Å². The molecule has 0 atom stereocenters. The minimum absolute atomic E-state index is 0.0397. The van der Waals surface area contributed by atoms with Crippen molar-refractivity contribution in [1.82, 2.24) is 0 Å². The highest BCUT2D eigenvalue weighted by Gasteiger charge is 2.26. The normalized spacial score (nSPS) is 11.2. The third kappa shape index (κ3) is 5.15. The van der Waals surface area contributed by atoms with Gasteiger partial charge in [0.1, 0.15) is 40.0 Å². The Morgan fingerprint density at radius 2 is 1.15 bits per heavy atom. The first-order chi connectivity index (χ1) is 15.9. The molecule has 0 fully saturated rings. The van der Waals surface area contributed by atoms with E-state index in [4.69, 9.17) is 9.47 Å². The zero-order chi connectivity index (χ0) is 24.0. The fourth-order valence-electron chi connectivity index (χ4n) is 3.14. The molecule has 5 nitrogen and oxygen atoms in total. The van der Waals surface area contributed by atoms with Gasteiger partial charge in [-0.25, -0.2) is 8.78 Å². The standard InChI is InChI=1S/C26H20F2O5/c1-32-22-15-23(33-2)25(21(30)14-12-17-8-4-6-10-19(17)28)26(31)24(22)20(29)13-11-16-7-3-5-9-18(16)27/h3-15,31H,1-2H3/b13-11+,14-12+. The van der Waals surface area contributed by atoms with Crippen LogP contribution < -0.4 is 9.47 Å². The fraction of sp³-hybridized carbons (Fsp3) is 0.0769. The molecule has 1 N–H and O–H groups in total. The van der Waals surface area contributed by atoms with Crippen molar-refractivity contribution in [3.05, 3.63) is 101 Å². The maximum Gasteiger partial charge on any atom is 0.193 e. The number of carbonyl (C=O) groups is 2. The number of hydrogen-bond donors (Lipinski definition) is 1.